The molecule has 0 spiro atoms. The molecule has 1 aliphatic heterocycles. The van der Waals surface area contributed by atoms with E-state index in [0.29, 0.717) is 6.42 Å². The van der Waals surface area contributed by atoms with Crippen LogP contribution >= 0.6 is 0 Å². The van der Waals surface area contributed by atoms with Crippen LogP contribution in [0.5, 0.6) is 0 Å². The number of carbonyl (C=O) groups excluding carboxylic acids is 2. The zero-order valence-corrected chi connectivity index (χ0v) is 28.4. The van der Waals surface area contributed by atoms with Gasteiger partial charge in [-0.05, 0) is 12.8 Å². The number of hydrogen-bond acceptors (Lipinski definition) is 10. The van der Waals surface area contributed by atoms with Gasteiger partial charge in [0.05, 0.1) is 13.2 Å². The first-order valence-corrected chi connectivity index (χ1v) is 18.1. The molecular formula is C35H66O10. The molecule has 0 saturated carbocycles. The highest BCUT2D eigenvalue weighted by Gasteiger charge is 2.44. The van der Waals surface area contributed by atoms with Crippen molar-refractivity contribution < 1.29 is 49.0 Å². The molecule has 10 nitrogen and oxygen atoms in total. The van der Waals surface area contributed by atoms with Gasteiger partial charge in [0, 0.05) is 12.8 Å². The summed E-state index contributed by atoms with van der Waals surface area (Å²) in [7, 11) is 0. The van der Waals surface area contributed by atoms with Crippen LogP contribution < -0.4 is 0 Å². The van der Waals surface area contributed by atoms with E-state index in [0.717, 1.165) is 44.9 Å². The van der Waals surface area contributed by atoms with Crippen LogP contribution in [0.3, 0.4) is 0 Å². The van der Waals surface area contributed by atoms with Crippen molar-refractivity contribution in [1.29, 1.82) is 0 Å². The van der Waals surface area contributed by atoms with E-state index < -0.39 is 49.4 Å². The minimum absolute atomic E-state index is 0.211. The van der Waals surface area contributed by atoms with Crippen LogP contribution in [0.25, 0.3) is 0 Å². The number of hydrogen-bond donors (Lipinski definition) is 4. The molecule has 0 amide bonds. The van der Waals surface area contributed by atoms with E-state index in [9.17, 15) is 30.0 Å². The lowest BCUT2D eigenvalue weighted by Crippen LogP contribution is -2.59. The van der Waals surface area contributed by atoms with Gasteiger partial charge in [0.2, 0.25) is 0 Å². The van der Waals surface area contributed by atoms with Crippen LogP contribution in [0.2, 0.25) is 0 Å². The maximum Gasteiger partial charge on any atom is 0.306 e. The third-order valence-corrected chi connectivity index (χ3v) is 8.49. The van der Waals surface area contributed by atoms with Gasteiger partial charge < -0.3 is 39.4 Å². The molecule has 1 aliphatic rings. The normalized spacial score (nSPS) is 22.3. The molecule has 0 aromatic rings. The molecule has 1 saturated heterocycles. The van der Waals surface area contributed by atoms with Crippen LogP contribution in [0.1, 0.15) is 155 Å². The number of esters is 2. The molecule has 1 heterocycles. The van der Waals surface area contributed by atoms with Gasteiger partial charge in [-0.3, -0.25) is 9.59 Å². The molecule has 1 fully saturated rings. The van der Waals surface area contributed by atoms with E-state index in [1.807, 2.05) is 0 Å². The Labute approximate surface area is 272 Å². The Bertz CT molecular complexity index is 719. The second-order valence-electron chi connectivity index (χ2n) is 12.7. The Morgan fingerprint density at radius 3 is 1.51 bits per heavy atom. The third-order valence-electron chi connectivity index (χ3n) is 8.49. The molecule has 0 aromatic carbocycles. The lowest BCUT2D eigenvalue weighted by atomic mass is 9.99. The summed E-state index contributed by atoms with van der Waals surface area (Å²) in [5, 5.41) is 39.7. The molecule has 10 heteroatoms. The molecule has 0 bridgehead atoms. The molecule has 0 aromatic heterocycles. The smallest absolute Gasteiger partial charge is 0.306 e. The average molecular weight is 647 g/mol. The van der Waals surface area contributed by atoms with E-state index in [-0.39, 0.29) is 32.0 Å². The van der Waals surface area contributed by atoms with Crippen LogP contribution in [0.15, 0.2) is 0 Å². The molecule has 4 N–H and O–H groups in total. The maximum absolute atomic E-state index is 12.6. The van der Waals surface area contributed by atoms with Crippen molar-refractivity contribution in [1.82, 2.24) is 0 Å². The van der Waals surface area contributed by atoms with E-state index in [1.165, 1.54) is 77.0 Å². The Morgan fingerprint density at radius 1 is 0.600 bits per heavy atom. The van der Waals surface area contributed by atoms with E-state index in [4.69, 9.17) is 18.9 Å². The first kappa shape index (κ1) is 41.7. The zero-order chi connectivity index (χ0) is 33.1. The van der Waals surface area contributed by atoms with Crippen molar-refractivity contribution in [2.45, 2.75) is 192 Å². The van der Waals surface area contributed by atoms with Crippen LogP contribution in [-0.4, -0.2) is 89.0 Å². The van der Waals surface area contributed by atoms with Gasteiger partial charge in [-0.2, -0.15) is 0 Å². The fraction of sp³-hybridized carbons (Fsp3) is 0.943. The van der Waals surface area contributed by atoms with Gasteiger partial charge in [0.15, 0.2) is 12.4 Å². The van der Waals surface area contributed by atoms with Crippen molar-refractivity contribution in [2.75, 3.05) is 19.8 Å². The number of aliphatic hydroxyl groups excluding tert-OH is 4. The van der Waals surface area contributed by atoms with Gasteiger partial charge in [-0.25, -0.2) is 0 Å². The van der Waals surface area contributed by atoms with Gasteiger partial charge in [-0.15, -0.1) is 0 Å². The summed E-state index contributed by atoms with van der Waals surface area (Å²) < 4.78 is 21.9. The Hall–Kier alpha value is -1.30. The number of carbonyl (C=O) groups is 2. The predicted octanol–water partition coefficient (Wildman–Crippen LogP) is 5.88. The van der Waals surface area contributed by atoms with E-state index in [1.54, 1.807) is 0 Å². The number of aliphatic hydroxyl groups is 4. The standard InChI is InChI=1S/C35H66O10/c1-3-5-7-9-11-12-13-14-15-16-18-20-22-24-31(38)44-28(26-42-30(37)23-21-19-17-10-8-6-4-2)27-43-35-34(41)33(40)32(39)29(25-36)45-35/h28-29,32-36,39-41H,3-27H2,1-2H3/t28-,29-,32+,33+,34-,35-/m1/s1. The highest BCUT2D eigenvalue weighted by Crippen LogP contribution is 2.22. The zero-order valence-electron chi connectivity index (χ0n) is 28.4. The molecule has 0 aliphatic carbocycles. The van der Waals surface area contributed by atoms with Crippen LogP contribution in [-0.2, 0) is 28.5 Å². The highest BCUT2D eigenvalue weighted by atomic mass is 16.7. The van der Waals surface area contributed by atoms with Gasteiger partial charge in [0.1, 0.15) is 31.0 Å². The molecule has 0 unspecified atom stereocenters. The number of ether oxygens (including phenoxy) is 4. The van der Waals surface area contributed by atoms with E-state index in [2.05, 4.69) is 13.8 Å². The second kappa shape index (κ2) is 27.8. The van der Waals surface area contributed by atoms with Crippen molar-refractivity contribution >= 4 is 11.9 Å². The largest absolute Gasteiger partial charge is 0.462 e. The number of rotatable bonds is 29. The third kappa shape index (κ3) is 20.5. The maximum atomic E-state index is 12.6. The Morgan fingerprint density at radius 2 is 1.04 bits per heavy atom. The predicted molar refractivity (Wildman–Crippen MR) is 173 cm³/mol. The van der Waals surface area contributed by atoms with Crippen molar-refractivity contribution in [3.05, 3.63) is 0 Å². The summed E-state index contributed by atoms with van der Waals surface area (Å²) in [6.45, 7) is 3.35. The fourth-order valence-electron chi connectivity index (χ4n) is 5.54. The van der Waals surface area contributed by atoms with Crippen LogP contribution in [0.4, 0.5) is 0 Å². The first-order valence-electron chi connectivity index (χ1n) is 18.1. The van der Waals surface area contributed by atoms with Gasteiger partial charge >= 0.3 is 11.9 Å². The summed E-state index contributed by atoms with van der Waals surface area (Å²) in [6.07, 6.45) is 15.6. The molecule has 266 valence electrons. The Kier molecular flexibility index (Phi) is 25.8. The lowest BCUT2D eigenvalue weighted by molar-refractivity contribution is -0.305. The van der Waals surface area contributed by atoms with Crippen molar-refractivity contribution in [2.24, 2.45) is 0 Å². The Balaban J connectivity index is 2.40. The summed E-state index contributed by atoms with van der Waals surface area (Å²) in [5.74, 6) is -0.808. The van der Waals surface area contributed by atoms with Gasteiger partial charge in [-0.1, -0.05) is 129 Å². The monoisotopic (exact) mass is 646 g/mol. The molecule has 1 rings (SSSR count). The summed E-state index contributed by atoms with van der Waals surface area (Å²) in [4.78, 5) is 25.0. The minimum atomic E-state index is -1.59. The van der Waals surface area contributed by atoms with Gasteiger partial charge in [0.25, 0.3) is 0 Å². The molecular weight excluding hydrogens is 580 g/mol. The molecule has 0 radical (unpaired) electrons. The number of unbranched alkanes of at least 4 members (excludes halogenated alkanes) is 18. The minimum Gasteiger partial charge on any atom is -0.462 e. The fourth-order valence-corrected chi connectivity index (χ4v) is 5.54. The van der Waals surface area contributed by atoms with E-state index >= 15 is 0 Å². The summed E-state index contributed by atoms with van der Waals surface area (Å²) in [6, 6.07) is 0. The highest BCUT2D eigenvalue weighted by molar-refractivity contribution is 5.70. The van der Waals surface area contributed by atoms with Crippen molar-refractivity contribution in [3.63, 3.8) is 0 Å². The molecule has 45 heavy (non-hydrogen) atoms. The van der Waals surface area contributed by atoms with Crippen molar-refractivity contribution in [3.8, 4) is 0 Å². The summed E-state index contributed by atoms with van der Waals surface area (Å²) in [5.41, 5.74) is 0. The summed E-state index contributed by atoms with van der Waals surface area (Å²) >= 11 is 0. The first-order chi connectivity index (χ1) is 21.8. The SMILES string of the molecule is CCCCCCCCCCCCCCCC(=O)O[C@H](COC(=O)CCCCCCCCC)CO[C@@H]1O[C@H](CO)[C@H](O)[C@H](O)[C@H]1O. The molecule has 6 atom stereocenters. The second-order valence-corrected chi connectivity index (χ2v) is 12.7. The average Bonchev–Trinajstić information content (AvgIpc) is 3.03. The topological polar surface area (TPSA) is 152 Å². The quantitative estimate of drug-likeness (QED) is 0.0573. The van der Waals surface area contributed by atoms with Crippen LogP contribution in [0, 0.1) is 0 Å². The lowest BCUT2D eigenvalue weighted by Gasteiger charge is -2.39.